The van der Waals surface area contributed by atoms with Gasteiger partial charge in [0.2, 0.25) is 0 Å². The molecule has 0 aliphatic carbocycles. The van der Waals surface area contributed by atoms with Gasteiger partial charge in [0.05, 0.1) is 25.0 Å². The van der Waals surface area contributed by atoms with Crippen LogP contribution in [0.5, 0.6) is 5.75 Å². The van der Waals surface area contributed by atoms with E-state index in [0.717, 1.165) is 0 Å². The van der Waals surface area contributed by atoms with E-state index < -0.39 is 12.0 Å². The Morgan fingerprint density at radius 1 is 1.14 bits per heavy atom. The van der Waals surface area contributed by atoms with Crippen LogP contribution in [0.3, 0.4) is 0 Å². The Kier molecular flexibility index (Phi) is 6.08. The van der Waals surface area contributed by atoms with E-state index in [1.165, 1.54) is 42.3 Å². The summed E-state index contributed by atoms with van der Waals surface area (Å²) in [5, 5.41) is 4.47. The zero-order valence-corrected chi connectivity index (χ0v) is 15.8. The molecule has 2 N–H and O–H groups in total. The molecule has 0 saturated heterocycles. The quantitative estimate of drug-likeness (QED) is 0.644. The lowest BCUT2D eigenvalue weighted by Gasteiger charge is -2.07. The fourth-order valence-electron chi connectivity index (χ4n) is 2.59. The average molecular weight is 398 g/mol. The van der Waals surface area contributed by atoms with Crippen LogP contribution in [0.4, 0.5) is 9.18 Å². The first-order valence-electron chi connectivity index (χ1n) is 8.75. The first-order valence-corrected chi connectivity index (χ1v) is 8.75. The third kappa shape index (κ3) is 4.70. The van der Waals surface area contributed by atoms with Gasteiger partial charge >= 0.3 is 6.09 Å². The van der Waals surface area contributed by atoms with Gasteiger partial charge in [0.15, 0.2) is 0 Å². The number of hydrogen-bond donors (Lipinski definition) is 2. The largest absolute Gasteiger partial charge is 0.497 e. The summed E-state index contributed by atoms with van der Waals surface area (Å²) in [5.74, 6) is -0.385. The van der Waals surface area contributed by atoms with Crippen molar-refractivity contribution in [3.63, 3.8) is 0 Å². The number of nitrogens with one attached hydrogen (secondary N) is 2. The number of ether oxygens (including phenoxy) is 2. The molecule has 1 aromatic heterocycles. The van der Waals surface area contributed by atoms with E-state index in [2.05, 4.69) is 16.0 Å². The molecule has 2 aromatic carbocycles. The fourth-order valence-corrected chi connectivity index (χ4v) is 2.59. The number of rotatable bonds is 5. The second kappa shape index (κ2) is 8.87. The van der Waals surface area contributed by atoms with Crippen LogP contribution < -0.4 is 15.6 Å². The molecule has 0 fully saturated rings. The highest BCUT2D eigenvalue weighted by atomic mass is 19.1. The molecule has 3 rings (SSSR count). The number of methoxy groups -OCH3 is 1. The van der Waals surface area contributed by atoms with Gasteiger partial charge in [-0.15, -0.1) is 0 Å². The van der Waals surface area contributed by atoms with Crippen molar-refractivity contribution in [1.82, 2.24) is 20.6 Å². The van der Waals surface area contributed by atoms with Crippen molar-refractivity contribution in [2.24, 2.45) is 0 Å². The Morgan fingerprint density at radius 2 is 1.90 bits per heavy atom. The van der Waals surface area contributed by atoms with Crippen LogP contribution in [-0.4, -0.2) is 35.5 Å². The second-order valence-corrected chi connectivity index (χ2v) is 5.84. The van der Waals surface area contributed by atoms with Crippen LogP contribution in [0, 0.1) is 5.82 Å². The molecular weight excluding hydrogens is 379 g/mol. The van der Waals surface area contributed by atoms with E-state index in [1.54, 1.807) is 31.2 Å². The summed E-state index contributed by atoms with van der Waals surface area (Å²) in [7, 11) is 1.53. The van der Waals surface area contributed by atoms with E-state index in [-0.39, 0.29) is 18.0 Å². The first kappa shape index (κ1) is 19.9. The molecule has 0 aliphatic rings. The van der Waals surface area contributed by atoms with Crippen LogP contribution in [0.2, 0.25) is 0 Å². The van der Waals surface area contributed by atoms with E-state index in [9.17, 15) is 14.0 Å². The lowest BCUT2D eigenvalue weighted by Crippen LogP contribution is -2.42. The molecule has 3 aromatic rings. The SMILES string of the molecule is CCOC(=O)NNC(=O)c1cn(-c2ccc(F)cc2)nc1-c1cccc(OC)c1. The minimum absolute atomic E-state index is 0.166. The second-order valence-electron chi connectivity index (χ2n) is 5.84. The molecule has 0 atom stereocenters. The molecule has 150 valence electrons. The molecule has 0 spiro atoms. The van der Waals surface area contributed by atoms with Crippen molar-refractivity contribution in [3.05, 3.63) is 66.1 Å². The summed E-state index contributed by atoms with van der Waals surface area (Å²) in [6.07, 6.45) is 0.708. The van der Waals surface area contributed by atoms with Crippen LogP contribution in [-0.2, 0) is 4.74 Å². The number of halogens is 1. The zero-order valence-electron chi connectivity index (χ0n) is 15.8. The topological polar surface area (TPSA) is 94.5 Å². The molecule has 1 heterocycles. The molecule has 0 unspecified atom stereocenters. The van der Waals surface area contributed by atoms with Gasteiger partial charge in [0.25, 0.3) is 5.91 Å². The van der Waals surface area contributed by atoms with Crippen molar-refractivity contribution in [1.29, 1.82) is 0 Å². The summed E-state index contributed by atoms with van der Waals surface area (Å²) in [6, 6.07) is 12.7. The van der Waals surface area contributed by atoms with Crippen molar-refractivity contribution in [2.75, 3.05) is 13.7 Å². The van der Waals surface area contributed by atoms with Crippen molar-refractivity contribution >= 4 is 12.0 Å². The molecule has 0 radical (unpaired) electrons. The van der Waals surface area contributed by atoms with E-state index in [0.29, 0.717) is 22.7 Å². The van der Waals surface area contributed by atoms with Gasteiger partial charge in [-0.05, 0) is 43.3 Å². The van der Waals surface area contributed by atoms with Gasteiger partial charge in [-0.2, -0.15) is 5.10 Å². The maximum absolute atomic E-state index is 13.2. The van der Waals surface area contributed by atoms with Gasteiger partial charge in [-0.3, -0.25) is 10.2 Å². The Labute approximate surface area is 166 Å². The van der Waals surface area contributed by atoms with Crippen LogP contribution >= 0.6 is 0 Å². The highest BCUT2D eigenvalue weighted by Crippen LogP contribution is 2.27. The summed E-state index contributed by atoms with van der Waals surface area (Å²) in [6.45, 7) is 1.81. The Bertz CT molecular complexity index is 1020. The maximum Gasteiger partial charge on any atom is 0.426 e. The predicted octanol–water partition coefficient (Wildman–Crippen LogP) is 3.08. The molecule has 2 amide bonds. The minimum Gasteiger partial charge on any atom is -0.497 e. The standard InChI is InChI=1S/C20H19FN4O4/c1-3-29-20(27)23-22-19(26)17-12-25(15-9-7-14(21)8-10-15)24-18(17)13-5-4-6-16(11-13)28-2/h4-12H,3H2,1-2H3,(H,22,26)(H,23,27). The third-order valence-electron chi connectivity index (χ3n) is 3.95. The summed E-state index contributed by atoms with van der Waals surface area (Å²) < 4.78 is 24.7. The Hall–Kier alpha value is -3.88. The van der Waals surface area contributed by atoms with Gasteiger partial charge in [0.1, 0.15) is 17.3 Å². The van der Waals surface area contributed by atoms with E-state index in [4.69, 9.17) is 9.47 Å². The average Bonchev–Trinajstić information content (AvgIpc) is 3.18. The first-order chi connectivity index (χ1) is 14.0. The normalized spacial score (nSPS) is 10.3. The van der Waals surface area contributed by atoms with Gasteiger partial charge in [0, 0.05) is 11.8 Å². The zero-order chi connectivity index (χ0) is 20.8. The van der Waals surface area contributed by atoms with Gasteiger partial charge < -0.3 is 9.47 Å². The highest BCUT2D eigenvalue weighted by Gasteiger charge is 2.20. The molecule has 0 aliphatic heterocycles. The Morgan fingerprint density at radius 3 is 2.59 bits per heavy atom. The molecule has 29 heavy (non-hydrogen) atoms. The summed E-state index contributed by atoms with van der Waals surface area (Å²) in [4.78, 5) is 24.1. The Balaban J connectivity index is 1.98. The predicted molar refractivity (Wildman–Crippen MR) is 103 cm³/mol. The number of carbonyl (C=O) groups excluding carboxylic acids is 2. The fraction of sp³-hybridized carbons (Fsp3) is 0.150. The smallest absolute Gasteiger partial charge is 0.426 e. The van der Waals surface area contributed by atoms with Crippen LogP contribution in [0.1, 0.15) is 17.3 Å². The number of nitrogens with zero attached hydrogens (tertiary/aromatic N) is 2. The number of aromatic nitrogens is 2. The number of hydrazine groups is 1. The van der Waals surface area contributed by atoms with Gasteiger partial charge in [-0.25, -0.2) is 19.3 Å². The lowest BCUT2D eigenvalue weighted by atomic mass is 10.1. The van der Waals surface area contributed by atoms with E-state index in [1.807, 2.05) is 0 Å². The van der Waals surface area contributed by atoms with Gasteiger partial charge in [-0.1, -0.05) is 12.1 Å². The van der Waals surface area contributed by atoms with Crippen molar-refractivity contribution in [3.8, 4) is 22.7 Å². The third-order valence-corrected chi connectivity index (χ3v) is 3.95. The molecule has 0 saturated carbocycles. The maximum atomic E-state index is 13.2. The monoisotopic (exact) mass is 398 g/mol. The number of hydrogen-bond acceptors (Lipinski definition) is 5. The van der Waals surface area contributed by atoms with Crippen molar-refractivity contribution < 1.29 is 23.5 Å². The lowest BCUT2D eigenvalue weighted by molar-refractivity contribution is 0.0913. The summed E-state index contributed by atoms with van der Waals surface area (Å²) in [5.41, 5.74) is 6.20. The number of amides is 2. The van der Waals surface area contributed by atoms with Crippen molar-refractivity contribution in [2.45, 2.75) is 6.92 Å². The van der Waals surface area contributed by atoms with Crippen LogP contribution in [0.25, 0.3) is 16.9 Å². The number of benzene rings is 2. The molecule has 9 heteroatoms. The highest BCUT2D eigenvalue weighted by molar-refractivity contribution is 6.00. The summed E-state index contributed by atoms with van der Waals surface area (Å²) >= 11 is 0. The molecular formula is C20H19FN4O4. The number of carbonyl (C=O) groups is 2. The minimum atomic E-state index is -0.783. The molecule has 0 bridgehead atoms. The van der Waals surface area contributed by atoms with Crippen LogP contribution in [0.15, 0.2) is 54.7 Å². The van der Waals surface area contributed by atoms with E-state index >= 15 is 0 Å². The molecule has 8 nitrogen and oxygen atoms in total.